The lowest BCUT2D eigenvalue weighted by Crippen LogP contribution is -2.45. The summed E-state index contributed by atoms with van der Waals surface area (Å²) in [6.45, 7) is 4.87. The van der Waals surface area contributed by atoms with E-state index in [0.717, 1.165) is 29.7 Å². The number of hydrogen-bond acceptors (Lipinski definition) is 2. The second-order valence-corrected chi connectivity index (χ2v) is 7.29. The molecule has 2 heterocycles. The fourth-order valence-corrected chi connectivity index (χ4v) is 3.59. The lowest BCUT2D eigenvalue weighted by atomic mass is 9.93. The van der Waals surface area contributed by atoms with Crippen LogP contribution in [0.5, 0.6) is 0 Å². The van der Waals surface area contributed by atoms with E-state index >= 15 is 0 Å². The molecule has 1 N–H and O–H groups in total. The van der Waals surface area contributed by atoms with E-state index in [-0.39, 0.29) is 18.0 Å². The largest absolute Gasteiger partial charge is 0.330 e. The molecule has 1 fully saturated rings. The summed E-state index contributed by atoms with van der Waals surface area (Å²) in [5.41, 5.74) is 3.82. The average Bonchev–Trinajstić information content (AvgIpc) is 3.35. The molecule has 0 aromatic heterocycles. The molecule has 1 aromatic carbocycles. The lowest BCUT2D eigenvalue weighted by molar-refractivity contribution is -0.126. The molecule has 3 aliphatic rings. The zero-order valence-corrected chi connectivity index (χ0v) is 14.4. The van der Waals surface area contributed by atoms with Gasteiger partial charge in [0.1, 0.15) is 0 Å². The van der Waals surface area contributed by atoms with E-state index in [1.807, 2.05) is 17.0 Å². The van der Waals surface area contributed by atoms with Crippen molar-refractivity contribution in [3.8, 4) is 0 Å². The molecule has 24 heavy (non-hydrogen) atoms. The summed E-state index contributed by atoms with van der Waals surface area (Å²) in [6, 6.07) is 8.10. The predicted octanol–water partition coefficient (Wildman–Crippen LogP) is 2.76. The van der Waals surface area contributed by atoms with Crippen LogP contribution in [0.15, 0.2) is 35.5 Å². The zero-order valence-electron chi connectivity index (χ0n) is 14.4. The first-order valence-corrected chi connectivity index (χ1v) is 8.65. The smallest absolute Gasteiger partial charge is 0.322 e. The number of carbonyl (C=O) groups is 2. The van der Waals surface area contributed by atoms with Gasteiger partial charge < -0.3 is 10.2 Å². The third kappa shape index (κ3) is 2.30. The highest BCUT2D eigenvalue weighted by molar-refractivity contribution is 6.01. The topological polar surface area (TPSA) is 52.7 Å². The van der Waals surface area contributed by atoms with E-state index in [0.29, 0.717) is 18.5 Å². The molecule has 4 rings (SSSR count). The summed E-state index contributed by atoms with van der Waals surface area (Å²) in [5, 5.41) is 2.99. The second-order valence-electron chi connectivity index (χ2n) is 7.29. The molecule has 1 aromatic rings. The number of hydrogen-bond donors (Lipinski definition) is 1. The van der Waals surface area contributed by atoms with Crippen LogP contribution < -0.4 is 5.32 Å². The highest BCUT2D eigenvalue weighted by atomic mass is 16.2. The Morgan fingerprint density at radius 2 is 1.79 bits per heavy atom. The van der Waals surface area contributed by atoms with Gasteiger partial charge in [0.2, 0.25) is 0 Å². The Hall–Kier alpha value is -2.30. The Morgan fingerprint density at radius 3 is 2.38 bits per heavy atom. The van der Waals surface area contributed by atoms with Gasteiger partial charge in [-0.2, -0.15) is 0 Å². The van der Waals surface area contributed by atoms with Crippen molar-refractivity contribution in [2.24, 2.45) is 0 Å². The molecule has 0 bridgehead atoms. The van der Waals surface area contributed by atoms with Crippen LogP contribution in [0.2, 0.25) is 0 Å². The Balaban J connectivity index is 1.71. The van der Waals surface area contributed by atoms with E-state index in [1.165, 1.54) is 5.56 Å². The van der Waals surface area contributed by atoms with Gasteiger partial charge in [-0.25, -0.2) is 4.79 Å². The van der Waals surface area contributed by atoms with Crippen molar-refractivity contribution in [1.29, 1.82) is 0 Å². The van der Waals surface area contributed by atoms with Crippen LogP contribution in [0.4, 0.5) is 4.79 Å². The maximum absolute atomic E-state index is 12.9. The summed E-state index contributed by atoms with van der Waals surface area (Å²) in [6.07, 6.45) is 2.15. The first kappa shape index (κ1) is 15.2. The fourth-order valence-electron chi connectivity index (χ4n) is 3.59. The molecule has 0 saturated heterocycles. The van der Waals surface area contributed by atoms with Crippen molar-refractivity contribution in [2.75, 3.05) is 13.6 Å². The summed E-state index contributed by atoms with van der Waals surface area (Å²) < 4.78 is 0. The van der Waals surface area contributed by atoms with Crippen LogP contribution in [0.3, 0.4) is 0 Å². The molecule has 126 valence electrons. The number of urea groups is 1. The SMILES string of the molecule is CC(C)c1ccc(C2NC(=O)N(C)C3=C2C(=O)N(C2CC2)C3)cc1. The Morgan fingerprint density at radius 1 is 1.12 bits per heavy atom. The van der Waals surface area contributed by atoms with Gasteiger partial charge in [0.25, 0.3) is 5.91 Å². The molecular weight excluding hydrogens is 302 g/mol. The lowest BCUT2D eigenvalue weighted by Gasteiger charge is -2.31. The number of amides is 3. The molecule has 3 amide bonds. The van der Waals surface area contributed by atoms with E-state index < -0.39 is 0 Å². The minimum Gasteiger partial charge on any atom is -0.330 e. The minimum atomic E-state index is -0.346. The van der Waals surface area contributed by atoms with Gasteiger partial charge >= 0.3 is 6.03 Å². The highest BCUT2D eigenvalue weighted by Crippen LogP contribution is 2.40. The van der Waals surface area contributed by atoms with Crippen LogP contribution in [0.25, 0.3) is 0 Å². The Bertz CT molecular complexity index is 731. The predicted molar refractivity (Wildman–Crippen MR) is 91.3 cm³/mol. The molecule has 0 radical (unpaired) electrons. The number of nitrogens with one attached hydrogen (secondary N) is 1. The number of carbonyl (C=O) groups excluding carboxylic acids is 2. The number of nitrogens with zero attached hydrogens (tertiary/aromatic N) is 2. The third-order valence-corrected chi connectivity index (χ3v) is 5.31. The fraction of sp³-hybridized carbons (Fsp3) is 0.474. The number of likely N-dealkylation sites (N-methyl/N-ethyl adjacent to an activating group) is 1. The first-order valence-electron chi connectivity index (χ1n) is 8.65. The maximum Gasteiger partial charge on any atom is 0.322 e. The van der Waals surface area contributed by atoms with Crippen molar-refractivity contribution in [1.82, 2.24) is 15.1 Å². The van der Waals surface area contributed by atoms with E-state index in [9.17, 15) is 9.59 Å². The van der Waals surface area contributed by atoms with Gasteiger partial charge in [-0.15, -0.1) is 0 Å². The van der Waals surface area contributed by atoms with Gasteiger partial charge in [-0.3, -0.25) is 9.69 Å². The van der Waals surface area contributed by atoms with Gasteiger partial charge in [0.05, 0.1) is 23.9 Å². The molecule has 0 spiro atoms. The van der Waals surface area contributed by atoms with Crippen LogP contribution in [0.1, 0.15) is 49.8 Å². The Kier molecular flexibility index (Phi) is 3.41. The third-order valence-electron chi connectivity index (χ3n) is 5.31. The zero-order chi connectivity index (χ0) is 17.0. The van der Waals surface area contributed by atoms with Gasteiger partial charge in [-0.05, 0) is 29.9 Å². The molecule has 1 saturated carbocycles. The van der Waals surface area contributed by atoms with E-state index in [1.54, 1.807) is 11.9 Å². The standard InChI is InChI=1S/C19H23N3O2/c1-11(2)12-4-6-13(7-5-12)17-16-15(21(3)19(24)20-17)10-22(18(16)23)14-8-9-14/h4-7,11,14,17H,8-10H2,1-3H3,(H,20,24). The highest BCUT2D eigenvalue weighted by Gasteiger charge is 2.46. The van der Waals surface area contributed by atoms with Gasteiger partial charge in [0, 0.05) is 13.1 Å². The van der Waals surface area contributed by atoms with Crippen LogP contribution >= 0.6 is 0 Å². The Labute approximate surface area is 142 Å². The van der Waals surface area contributed by atoms with Crippen LogP contribution in [-0.4, -0.2) is 41.4 Å². The molecular formula is C19H23N3O2. The number of benzene rings is 1. The normalized spacial score (nSPS) is 23.9. The van der Waals surface area contributed by atoms with Crippen molar-refractivity contribution >= 4 is 11.9 Å². The van der Waals surface area contributed by atoms with Crippen LogP contribution in [-0.2, 0) is 4.79 Å². The average molecular weight is 325 g/mol. The molecule has 5 nitrogen and oxygen atoms in total. The quantitative estimate of drug-likeness (QED) is 0.929. The van der Waals surface area contributed by atoms with Crippen molar-refractivity contribution in [3.63, 3.8) is 0 Å². The number of rotatable bonds is 3. The summed E-state index contributed by atoms with van der Waals surface area (Å²) in [7, 11) is 1.74. The monoisotopic (exact) mass is 325 g/mol. The second kappa shape index (κ2) is 5.36. The molecule has 2 aliphatic heterocycles. The summed E-state index contributed by atoms with van der Waals surface area (Å²) >= 11 is 0. The van der Waals surface area contributed by atoms with Crippen LogP contribution in [0, 0.1) is 0 Å². The molecule has 1 aliphatic carbocycles. The van der Waals surface area contributed by atoms with Gasteiger partial charge in [0.15, 0.2) is 0 Å². The van der Waals surface area contributed by atoms with E-state index in [4.69, 9.17) is 0 Å². The minimum absolute atomic E-state index is 0.0808. The van der Waals surface area contributed by atoms with Crippen molar-refractivity contribution in [3.05, 3.63) is 46.7 Å². The maximum atomic E-state index is 12.9. The molecule has 1 atom stereocenters. The molecule has 1 unspecified atom stereocenters. The van der Waals surface area contributed by atoms with Crippen molar-refractivity contribution in [2.45, 2.75) is 44.7 Å². The van der Waals surface area contributed by atoms with Gasteiger partial charge in [-0.1, -0.05) is 38.1 Å². The van der Waals surface area contributed by atoms with Crippen molar-refractivity contribution < 1.29 is 9.59 Å². The molecule has 5 heteroatoms. The summed E-state index contributed by atoms with van der Waals surface area (Å²) in [4.78, 5) is 28.8. The summed E-state index contributed by atoms with van der Waals surface area (Å²) in [5.74, 6) is 0.539. The first-order chi connectivity index (χ1) is 11.5. The van der Waals surface area contributed by atoms with E-state index in [2.05, 4.69) is 31.3 Å².